The average molecular weight is 366 g/mol. The van der Waals surface area contributed by atoms with Gasteiger partial charge in [-0.05, 0) is 38.1 Å². The third-order valence-electron chi connectivity index (χ3n) is 3.58. The Hall–Kier alpha value is -1.82. The molecule has 0 aliphatic heterocycles. The van der Waals surface area contributed by atoms with E-state index in [1.165, 1.54) is 0 Å². The first-order valence-corrected chi connectivity index (χ1v) is 7.83. The highest BCUT2D eigenvalue weighted by atomic mass is 79.9. The van der Waals surface area contributed by atoms with Crippen LogP contribution in [0.2, 0.25) is 0 Å². The number of benzene rings is 1. The van der Waals surface area contributed by atoms with E-state index in [0.29, 0.717) is 18.7 Å². The summed E-state index contributed by atoms with van der Waals surface area (Å²) in [5, 5.41) is 4.28. The Balaban J connectivity index is 1.93. The van der Waals surface area contributed by atoms with E-state index in [9.17, 15) is 4.79 Å². The van der Waals surface area contributed by atoms with Gasteiger partial charge in [0.25, 0.3) is 5.91 Å². The Morgan fingerprint density at radius 2 is 1.95 bits per heavy atom. The number of hydrogen-bond acceptors (Lipinski definition) is 3. The van der Waals surface area contributed by atoms with E-state index in [1.807, 2.05) is 45.2 Å². The normalized spacial score (nSPS) is 10.6. The number of nitrogens with zero attached hydrogens (tertiary/aromatic N) is 3. The zero-order chi connectivity index (χ0) is 16.3. The van der Waals surface area contributed by atoms with E-state index in [1.54, 1.807) is 16.6 Å². The van der Waals surface area contributed by atoms with Crippen LogP contribution in [0.1, 0.15) is 21.7 Å². The minimum atomic E-state index is -0.0255. The molecule has 0 fully saturated rings. The second-order valence-corrected chi connectivity index (χ2v) is 6.11. The summed E-state index contributed by atoms with van der Waals surface area (Å²) >= 11 is 3.38. The molecule has 5 nitrogen and oxygen atoms in total. The third-order valence-corrected chi connectivity index (χ3v) is 4.11. The van der Waals surface area contributed by atoms with E-state index >= 15 is 0 Å². The maximum Gasteiger partial charge on any atom is 0.257 e. The Kier molecular flexibility index (Phi) is 5.24. The molecule has 1 amide bonds. The summed E-state index contributed by atoms with van der Waals surface area (Å²) in [5.74, 6) is 0.764. The van der Waals surface area contributed by atoms with Crippen molar-refractivity contribution in [3.05, 3.63) is 45.7 Å². The number of carbonyl (C=O) groups excluding carboxylic acids is 1. The van der Waals surface area contributed by atoms with Crippen molar-refractivity contribution < 1.29 is 9.53 Å². The molecule has 6 heteroatoms. The molecule has 0 saturated carbocycles. The average Bonchev–Trinajstić information content (AvgIpc) is 2.73. The van der Waals surface area contributed by atoms with E-state index < -0.39 is 0 Å². The van der Waals surface area contributed by atoms with Gasteiger partial charge in [0, 0.05) is 24.3 Å². The van der Waals surface area contributed by atoms with Crippen LogP contribution in [-0.2, 0) is 7.05 Å². The van der Waals surface area contributed by atoms with E-state index in [-0.39, 0.29) is 5.91 Å². The van der Waals surface area contributed by atoms with Crippen LogP contribution >= 0.6 is 15.9 Å². The van der Waals surface area contributed by atoms with Crippen LogP contribution in [-0.4, -0.2) is 40.8 Å². The number of ether oxygens (including phenoxy) is 1. The molecule has 0 bridgehead atoms. The van der Waals surface area contributed by atoms with Gasteiger partial charge in [0.15, 0.2) is 0 Å². The largest absolute Gasteiger partial charge is 0.492 e. The SMILES string of the molecule is Cc1nn(C)c(C)c1C(=O)N(C)CCOc1ccc(Br)cc1. The predicted octanol–water partition coefficient (Wildman–Crippen LogP) is 2.95. The van der Waals surface area contributed by atoms with Gasteiger partial charge in [-0.15, -0.1) is 0 Å². The van der Waals surface area contributed by atoms with Crippen molar-refractivity contribution in [2.45, 2.75) is 13.8 Å². The minimum absolute atomic E-state index is 0.0255. The summed E-state index contributed by atoms with van der Waals surface area (Å²) < 4.78 is 8.39. The van der Waals surface area contributed by atoms with Gasteiger partial charge in [0.05, 0.1) is 17.8 Å². The topological polar surface area (TPSA) is 47.4 Å². The van der Waals surface area contributed by atoms with Gasteiger partial charge in [-0.3, -0.25) is 9.48 Å². The lowest BCUT2D eigenvalue weighted by molar-refractivity contribution is 0.0772. The van der Waals surface area contributed by atoms with Gasteiger partial charge in [-0.25, -0.2) is 0 Å². The number of hydrogen-bond donors (Lipinski definition) is 0. The fourth-order valence-corrected chi connectivity index (χ4v) is 2.47. The highest BCUT2D eigenvalue weighted by Gasteiger charge is 2.20. The first kappa shape index (κ1) is 16.5. The lowest BCUT2D eigenvalue weighted by atomic mass is 10.2. The van der Waals surface area contributed by atoms with Crippen LogP contribution in [0.15, 0.2) is 28.7 Å². The van der Waals surface area contributed by atoms with E-state index in [2.05, 4.69) is 21.0 Å². The van der Waals surface area contributed by atoms with Crippen LogP contribution in [0.4, 0.5) is 0 Å². The maximum absolute atomic E-state index is 12.5. The lowest BCUT2D eigenvalue weighted by Crippen LogP contribution is -2.31. The number of rotatable bonds is 5. The van der Waals surface area contributed by atoms with Crippen molar-refractivity contribution >= 4 is 21.8 Å². The number of likely N-dealkylation sites (N-methyl/N-ethyl adjacent to an activating group) is 1. The van der Waals surface area contributed by atoms with Crippen LogP contribution in [0, 0.1) is 13.8 Å². The summed E-state index contributed by atoms with van der Waals surface area (Å²) in [5.41, 5.74) is 2.31. The molecule has 0 N–H and O–H groups in total. The zero-order valence-electron chi connectivity index (χ0n) is 13.3. The lowest BCUT2D eigenvalue weighted by Gasteiger charge is -2.17. The van der Waals surface area contributed by atoms with E-state index in [0.717, 1.165) is 21.6 Å². The molecule has 1 heterocycles. The molecule has 0 unspecified atom stereocenters. The fraction of sp³-hybridized carbons (Fsp3) is 0.375. The van der Waals surface area contributed by atoms with Gasteiger partial charge < -0.3 is 9.64 Å². The Morgan fingerprint density at radius 1 is 1.32 bits per heavy atom. The van der Waals surface area contributed by atoms with Gasteiger partial charge >= 0.3 is 0 Å². The summed E-state index contributed by atoms with van der Waals surface area (Å²) in [6, 6.07) is 7.63. The first-order valence-electron chi connectivity index (χ1n) is 7.04. The molecular weight excluding hydrogens is 346 g/mol. The second kappa shape index (κ2) is 6.96. The molecular formula is C16H20BrN3O2. The van der Waals surface area contributed by atoms with Gasteiger partial charge in [-0.2, -0.15) is 5.10 Å². The number of aromatic nitrogens is 2. The van der Waals surface area contributed by atoms with Gasteiger partial charge in [0.1, 0.15) is 12.4 Å². The fourth-order valence-electron chi connectivity index (χ4n) is 2.21. The molecule has 0 aliphatic carbocycles. The highest BCUT2D eigenvalue weighted by Crippen LogP contribution is 2.17. The third kappa shape index (κ3) is 3.68. The molecule has 0 spiro atoms. The van der Waals surface area contributed by atoms with Crippen LogP contribution < -0.4 is 4.74 Å². The standard InChI is InChI=1S/C16H20BrN3O2/c1-11-15(12(2)20(4)18-11)16(21)19(3)9-10-22-14-7-5-13(17)6-8-14/h5-8H,9-10H2,1-4H3. The van der Waals surface area contributed by atoms with Crippen molar-refractivity contribution in [3.63, 3.8) is 0 Å². The van der Waals surface area contributed by atoms with Crippen molar-refractivity contribution in [2.75, 3.05) is 20.2 Å². The molecule has 118 valence electrons. The van der Waals surface area contributed by atoms with E-state index in [4.69, 9.17) is 4.74 Å². The molecule has 0 aliphatic rings. The molecule has 2 aromatic rings. The van der Waals surface area contributed by atoms with Crippen LogP contribution in [0.5, 0.6) is 5.75 Å². The van der Waals surface area contributed by atoms with Crippen LogP contribution in [0.25, 0.3) is 0 Å². The molecule has 2 rings (SSSR count). The van der Waals surface area contributed by atoms with Crippen molar-refractivity contribution in [3.8, 4) is 5.75 Å². The summed E-state index contributed by atoms with van der Waals surface area (Å²) in [6.07, 6.45) is 0. The maximum atomic E-state index is 12.5. The molecule has 0 radical (unpaired) electrons. The number of amides is 1. The van der Waals surface area contributed by atoms with Crippen molar-refractivity contribution in [1.82, 2.24) is 14.7 Å². The summed E-state index contributed by atoms with van der Waals surface area (Å²) in [4.78, 5) is 14.2. The summed E-state index contributed by atoms with van der Waals surface area (Å²) in [6.45, 7) is 4.72. The number of carbonyl (C=O) groups is 1. The molecule has 1 aromatic heterocycles. The van der Waals surface area contributed by atoms with Crippen molar-refractivity contribution in [1.29, 1.82) is 0 Å². The second-order valence-electron chi connectivity index (χ2n) is 5.20. The molecule has 0 atom stereocenters. The number of halogens is 1. The summed E-state index contributed by atoms with van der Waals surface area (Å²) in [7, 11) is 3.62. The molecule has 1 aromatic carbocycles. The molecule has 22 heavy (non-hydrogen) atoms. The zero-order valence-corrected chi connectivity index (χ0v) is 14.8. The Labute approximate surface area is 139 Å². The van der Waals surface area contributed by atoms with Gasteiger partial charge in [-0.1, -0.05) is 15.9 Å². The first-order chi connectivity index (χ1) is 10.4. The minimum Gasteiger partial charge on any atom is -0.492 e. The van der Waals surface area contributed by atoms with Crippen molar-refractivity contribution in [2.24, 2.45) is 7.05 Å². The monoisotopic (exact) mass is 365 g/mol. The Bertz CT molecular complexity index is 665. The quantitative estimate of drug-likeness (QED) is 0.818. The van der Waals surface area contributed by atoms with Gasteiger partial charge in [0.2, 0.25) is 0 Å². The Morgan fingerprint density at radius 3 is 2.50 bits per heavy atom. The highest BCUT2D eigenvalue weighted by molar-refractivity contribution is 9.10. The smallest absolute Gasteiger partial charge is 0.257 e. The molecule has 0 saturated heterocycles. The number of aryl methyl sites for hydroxylation is 2. The predicted molar refractivity (Wildman–Crippen MR) is 89.3 cm³/mol. The van der Waals surface area contributed by atoms with Crippen LogP contribution in [0.3, 0.4) is 0 Å².